The fourth-order valence-corrected chi connectivity index (χ4v) is 2.45. The van der Waals surface area contributed by atoms with Gasteiger partial charge in [0.15, 0.2) is 5.84 Å². The normalized spacial score (nSPS) is 20.7. The molecule has 0 aromatic heterocycles. The van der Waals surface area contributed by atoms with Crippen molar-refractivity contribution in [1.29, 1.82) is 0 Å². The lowest BCUT2D eigenvalue weighted by Crippen LogP contribution is -2.40. The summed E-state index contributed by atoms with van der Waals surface area (Å²) in [7, 11) is 0. The third-order valence-corrected chi connectivity index (χ3v) is 3.36. The van der Waals surface area contributed by atoms with Crippen LogP contribution in [0.5, 0.6) is 5.75 Å². The highest BCUT2D eigenvalue weighted by atomic mass is 19.4. The summed E-state index contributed by atoms with van der Waals surface area (Å²) in [5.41, 5.74) is 6.46. The van der Waals surface area contributed by atoms with Crippen molar-refractivity contribution >= 4 is 5.84 Å². The van der Waals surface area contributed by atoms with Crippen LogP contribution in [0.15, 0.2) is 29.4 Å². The van der Waals surface area contributed by atoms with E-state index in [9.17, 15) is 13.2 Å². The third kappa shape index (κ3) is 4.25. The van der Waals surface area contributed by atoms with Gasteiger partial charge in [-0.25, -0.2) is 0 Å². The first-order valence-corrected chi connectivity index (χ1v) is 6.45. The number of amidine groups is 1. The SMILES string of the molecule is NC(=NO)C1CCCN1Cc1ccc(OC(F)(F)F)cc1. The van der Waals surface area contributed by atoms with Gasteiger partial charge >= 0.3 is 6.36 Å². The van der Waals surface area contributed by atoms with Crippen LogP contribution in [0.3, 0.4) is 0 Å². The molecule has 1 aromatic rings. The molecule has 1 aliphatic heterocycles. The van der Waals surface area contributed by atoms with E-state index in [0.29, 0.717) is 6.54 Å². The van der Waals surface area contributed by atoms with Crippen LogP contribution in [0.1, 0.15) is 18.4 Å². The van der Waals surface area contributed by atoms with Gasteiger partial charge in [0.05, 0.1) is 6.04 Å². The van der Waals surface area contributed by atoms with Crippen LogP contribution in [0.2, 0.25) is 0 Å². The number of benzene rings is 1. The van der Waals surface area contributed by atoms with Crippen LogP contribution in [-0.4, -0.2) is 34.9 Å². The number of nitrogens with two attached hydrogens (primary N) is 1. The number of ether oxygens (including phenoxy) is 1. The van der Waals surface area contributed by atoms with Gasteiger partial charge in [-0.3, -0.25) is 4.90 Å². The van der Waals surface area contributed by atoms with Crippen molar-refractivity contribution < 1.29 is 23.1 Å². The van der Waals surface area contributed by atoms with Gasteiger partial charge in [-0.05, 0) is 37.1 Å². The second-order valence-corrected chi connectivity index (χ2v) is 4.85. The Morgan fingerprint density at radius 2 is 2.05 bits per heavy atom. The van der Waals surface area contributed by atoms with E-state index < -0.39 is 6.36 Å². The van der Waals surface area contributed by atoms with E-state index in [2.05, 4.69) is 9.89 Å². The predicted octanol–water partition coefficient (Wildman–Crippen LogP) is 2.30. The van der Waals surface area contributed by atoms with Crippen LogP contribution in [-0.2, 0) is 6.54 Å². The molecule has 8 heteroatoms. The average Bonchev–Trinajstić information content (AvgIpc) is 2.86. The van der Waals surface area contributed by atoms with E-state index in [0.717, 1.165) is 24.9 Å². The number of oxime groups is 1. The van der Waals surface area contributed by atoms with Crippen molar-refractivity contribution in [2.75, 3.05) is 6.54 Å². The highest BCUT2D eigenvalue weighted by Gasteiger charge is 2.31. The molecule has 0 spiro atoms. The molecule has 1 aliphatic rings. The maximum absolute atomic E-state index is 12.1. The molecule has 116 valence electrons. The van der Waals surface area contributed by atoms with Crippen molar-refractivity contribution in [3.63, 3.8) is 0 Å². The van der Waals surface area contributed by atoms with E-state index in [1.165, 1.54) is 12.1 Å². The van der Waals surface area contributed by atoms with Crippen molar-refractivity contribution in [3.8, 4) is 5.75 Å². The smallest absolute Gasteiger partial charge is 0.409 e. The molecular weight excluding hydrogens is 287 g/mol. The molecule has 0 aliphatic carbocycles. The molecule has 0 amide bonds. The fourth-order valence-electron chi connectivity index (χ4n) is 2.45. The number of nitrogens with zero attached hydrogens (tertiary/aromatic N) is 2. The van der Waals surface area contributed by atoms with Crippen molar-refractivity contribution in [2.24, 2.45) is 10.9 Å². The van der Waals surface area contributed by atoms with Gasteiger partial charge in [0.1, 0.15) is 5.75 Å². The first-order chi connectivity index (χ1) is 9.89. The number of rotatable bonds is 4. The van der Waals surface area contributed by atoms with Gasteiger partial charge in [-0.15, -0.1) is 13.2 Å². The summed E-state index contributed by atoms with van der Waals surface area (Å²) < 4.78 is 40.0. The Morgan fingerprint density at radius 1 is 1.38 bits per heavy atom. The second-order valence-electron chi connectivity index (χ2n) is 4.85. The zero-order chi connectivity index (χ0) is 15.5. The lowest BCUT2D eigenvalue weighted by atomic mass is 10.1. The summed E-state index contributed by atoms with van der Waals surface area (Å²) in [6, 6.07) is 5.56. The maximum atomic E-state index is 12.1. The standard InChI is InChI=1S/C13H16F3N3O2/c14-13(15,16)21-10-5-3-9(4-6-10)8-19-7-1-2-11(19)12(17)18-20/h3-6,11,20H,1-2,7-8H2,(H2,17,18). The van der Waals surface area contributed by atoms with Gasteiger partial charge in [-0.2, -0.15) is 0 Å². The first-order valence-electron chi connectivity index (χ1n) is 6.45. The molecule has 2 rings (SSSR count). The molecule has 0 radical (unpaired) electrons. The quantitative estimate of drug-likeness (QED) is 0.387. The molecule has 1 saturated heterocycles. The van der Waals surface area contributed by atoms with E-state index in [-0.39, 0.29) is 17.6 Å². The van der Waals surface area contributed by atoms with Gasteiger partial charge in [0.25, 0.3) is 0 Å². The maximum Gasteiger partial charge on any atom is 0.573 e. The molecule has 21 heavy (non-hydrogen) atoms. The molecule has 1 atom stereocenters. The number of alkyl halides is 3. The van der Waals surface area contributed by atoms with E-state index >= 15 is 0 Å². The molecule has 1 unspecified atom stereocenters. The van der Waals surface area contributed by atoms with Crippen molar-refractivity contribution in [3.05, 3.63) is 29.8 Å². The monoisotopic (exact) mass is 303 g/mol. The summed E-state index contributed by atoms with van der Waals surface area (Å²) in [6.07, 6.45) is -2.96. The topological polar surface area (TPSA) is 71.1 Å². The molecule has 1 aromatic carbocycles. The van der Waals surface area contributed by atoms with Crippen LogP contribution in [0, 0.1) is 0 Å². The summed E-state index contributed by atoms with van der Waals surface area (Å²) in [5, 5.41) is 11.8. The van der Waals surface area contributed by atoms with Gasteiger partial charge in [0, 0.05) is 6.54 Å². The molecule has 5 nitrogen and oxygen atoms in total. The Morgan fingerprint density at radius 3 is 2.62 bits per heavy atom. The summed E-state index contributed by atoms with van der Waals surface area (Å²) >= 11 is 0. The zero-order valence-corrected chi connectivity index (χ0v) is 11.2. The molecule has 0 saturated carbocycles. The zero-order valence-electron chi connectivity index (χ0n) is 11.2. The highest BCUT2D eigenvalue weighted by molar-refractivity contribution is 5.85. The molecule has 1 heterocycles. The van der Waals surface area contributed by atoms with Crippen LogP contribution in [0.4, 0.5) is 13.2 Å². The highest BCUT2D eigenvalue weighted by Crippen LogP contribution is 2.24. The summed E-state index contributed by atoms with van der Waals surface area (Å²) in [6.45, 7) is 1.31. The number of likely N-dealkylation sites (tertiary alicyclic amines) is 1. The molecule has 0 bridgehead atoms. The van der Waals surface area contributed by atoms with Gasteiger partial charge < -0.3 is 15.7 Å². The Bertz CT molecular complexity index is 502. The average molecular weight is 303 g/mol. The van der Waals surface area contributed by atoms with Gasteiger partial charge in [-0.1, -0.05) is 17.3 Å². The van der Waals surface area contributed by atoms with E-state index in [1.54, 1.807) is 12.1 Å². The lowest BCUT2D eigenvalue weighted by Gasteiger charge is -2.23. The minimum absolute atomic E-state index is 0.138. The third-order valence-electron chi connectivity index (χ3n) is 3.36. The van der Waals surface area contributed by atoms with Crippen molar-refractivity contribution in [2.45, 2.75) is 31.8 Å². The summed E-state index contributed by atoms with van der Waals surface area (Å²) in [5.74, 6) is -0.0924. The van der Waals surface area contributed by atoms with Crippen molar-refractivity contribution in [1.82, 2.24) is 4.90 Å². The summed E-state index contributed by atoms with van der Waals surface area (Å²) in [4.78, 5) is 2.02. The Labute approximate surface area is 119 Å². The van der Waals surface area contributed by atoms with Gasteiger partial charge in [0.2, 0.25) is 0 Å². The number of hydrogen-bond donors (Lipinski definition) is 2. The van der Waals surface area contributed by atoms with Crippen LogP contribution < -0.4 is 10.5 Å². The number of hydrogen-bond acceptors (Lipinski definition) is 4. The Hall–Kier alpha value is -1.96. The fraction of sp³-hybridized carbons (Fsp3) is 0.462. The minimum Gasteiger partial charge on any atom is -0.409 e. The Kier molecular flexibility index (Phi) is 4.56. The lowest BCUT2D eigenvalue weighted by molar-refractivity contribution is -0.274. The van der Waals surface area contributed by atoms with Crippen LogP contribution >= 0.6 is 0 Å². The molecule has 1 fully saturated rings. The second kappa shape index (κ2) is 6.21. The predicted molar refractivity (Wildman–Crippen MR) is 70.0 cm³/mol. The number of halogens is 3. The Balaban J connectivity index is 2.00. The largest absolute Gasteiger partial charge is 0.573 e. The van der Waals surface area contributed by atoms with E-state index in [4.69, 9.17) is 10.9 Å². The van der Waals surface area contributed by atoms with Crippen LogP contribution in [0.25, 0.3) is 0 Å². The molecular formula is C13H16F3N3O2. The minimum atomic E-state index is -4.69. The first kappa shape index (κ1) is 15.4. The molecule has 3 N–H and O–H groups in total. The van der Waals surface area contributed by atoms with E-state index in [1.807, 2.05) is 4.90 Å².